The van der Waals surface area contributed by atoms with Crippen LogP contribution in [0.4, 0.5) is 4.79 Å². The highest BCUT2D eigenvalue weighted by atomic mass is 16.5. The van der Waals surface area contributed by atoms with Crippen LogP contribution in [0.3, 0.4) is 0 Å². The first-order chi connectivity index (χ1) is 6.79. The molecule has 0 rings (SSSR count). The van der Waals surface area contributed by atoms with Crippen molar-refractivity contribution in [3.05, 3.63) is 12.7 Å². The van der Waals surface area contributed by atoms with Crippen molar-refractivity contribution < 1.29 is 19.4 Å². The largest absolute Gasteiger partial charge is 0.480 e. The van der Waals surface area contributed by atoms with E-state index in [9.17, 15) is 9.59 Å². The van der Waals surface area contributed by atoms with E-state index in [1.54, 1.807) is 20.8 Å². The molecule has 0 heterocycles. The summed E-state index contributed by atoms with van der Waals surface area (Å²) in [5, 5.41) is 11.2. The van der Waals surface area contributed by atoms with Crippen LogP contribution in [0.25, 0.3) is 0 Å². The van der Waals surface area contributed by atoms with Crippen molar-refractivity contribution in [1.82, 2.24) is 5.32 Å². The molecule has 15 heavy (non-hydrogen) atoms. The third kappa shape index (κ3) is 5.05. The Balaban J connectivity index is 4.37. The summed E-state index contributed by atoms with van der Waals surface area (Å²) in [5.41, 5.74) is -0.570. The minimum atomic E-state index is -1.09. The molecular formula is C10H17NO4. The third-order valence-electron chi connectivity index (χ3n) is 1.71. The van der Waals surface area contributed by atoms with Gasteiger partial charge in [0.25, 0.3) is 0 Å². The maximum Gasteiger partial charge on any atom is 0.408 e. The number of carbonyl (C=O) groups is 2. The Kier molecular flexibility index (Phi) is 4.84. The highest BCUT2D eigenvalue weighted by Gasteiger charge is 2.32. The standard InChI is InChI=1S/C10H17NO4/c1-5-6-15-9(14)11-7(8(12)13)10(2,3)4/h5,7H,1,6H2,2-4H3,(H,11,14)(H,12,13)/t7-/m1/s1. The molecule has 5 nitrogen and oxygen atoms in total. The number of hydrogen-bond donors (Lipinski definition) is 2. The lowest BCUT2D eigenvalue weighted by atomic mass is 9.87. The highest BCUT2D eigenvalue weighted by Crippen LogP contribution is 2.19. The van der Waals surface area contributed by atoms with Gasteiger partial charge in [-0.15, -0.1) is 0 Å². The second-order valence-electron chi connectivity index (χ2n) is 4.17. The fourth-order valence-electron chi connectivity index (χ4n) is 0.943. The van der Waals surface area contributed by atoms with Crippen LogP contribution < -0.4 is 5.32 Å². The number of hydrogen-bond acceptors (Lipinski definition) is 3. The molecule has 0 fully saturated rings. The number of amides is 1. The van der Waals surface area contributed by atoms with Gasteiger partial charge in [0.1, 0.15) is 12.6 Å². The summed E-state index contributed by atoms with van der Waals surface area (Å²) < 4.78 is 4.64. The van der Waals surface area contributed by atoms with Crippen LogP contribution in [-0.4, -0.2) is 29.8 Å². The second kappa shape index (κ2) is 5.38. The van der Waals surface area contributed by atoms with E-state index in [4.69, 9.17) is 5.11 Å². The summed E-state index contributed by atoms with van der Waals surface area (Å²) in [6.07, 6.45) is 0.657. The number of aliphatic carboxylic acids is 1. The van der Waals surface area contributed by atoms with Gasteiger partial charge in [0.05, 0.1) is 0 Å². The normalized spacial score (nSPS) is 12.7. The number of carbonyl (C=O) groups excluding carboxylic acids is 1. The molecule has 0 aliphatic carbocycles. The molecule has 0 saturated heterocycles. The maximum atomic E-state index is 11.1. The lowest BCUT2D eigenvalue weighted by Gasteiger charge is -2.27. The van der Waals surface area contributed by atoms with Crippen LogP contribution in [0.2, 0.25) is 0 Å². The molecule has 0 spiro atoms. The Morgan fingerprint density at radius 2 is 2.07 bits per heavy atom. The molecule has 0 aromatic rings. The topological polar surface area (TPSA) is 75.6 Å². The summed E-state index contributed by atoms with van der Waals surface area (Å²) in [6, 6.07) is -0.977. The molecule has 0 unspecified atom stereocenters. The average molecular weight is 215 g/mol. The van der Waals surface area contributed by atoms with Crippen LogP contribution in [0.15, 0.2) is 12.7 Å². The first-order valence-electron chi connectivity index (χ1n) is 4.56. The van der Waals surface area contributed by atoms with E-state index in [2.05, 4.69) is 16.6 Å². The summed E-state index contributed by atoms with van der Waals surface area (Å²) in [7, 11) is 0. The number of nitrogens with one attached hydrogen (secondary N) is 1. The van der Waals surface area contributed by atoms with Crippen molar-refractivity contribution in [3.8, 4) is 0 Å². The lowest BCUT2D eigenvalue weighted by Crippen LogP contribution is -2.49. The highest BCUT2D eigenvalue weighted by molar-refractivity contribution is 5.80. The van der Waals surface area contributed by atoms with Gasteiger partial charge in [-0.05, 0) is 5.41 Å². The zero-order chi connectivity index (χ0) is 12.1. The van der Waals surface area contributed by atoms with Gasteiger partial charge in [0, 0.05) is 0 Å². The van der Waals surface area contributed by atoms with Crippen molar-refractivity contribution in [2.24, 2.45) is 5.41 Å². The molecule has 2 N–H and O–H groups in total. The Hall–Kier alpha value is -1.52. The Morgan fingerprint density at radius 3 is 2.40 bits per heavy atom. The van der Waals surface area contributed by atoms with E-state index in [0.29, 0.717) is 0 Å². The number of rotatable bonds is 4. The van der Waals surface area contributed by atoms with Crippen molar-refractivity contribution in [3.63, 3.8) is 0 Å². The molecule has 5 heteroatoms. The predicted octanol–water partition coefficient (Wildman–Crippen LogP) is 1.40. The molecule has 0 aromatic carbocycles. The molecule has 0 radical (unpaired) electrons. The summed E-state index contributed by atoms with van der Waals surface area (Å²) >= 11 is 0. The molecular weight excluding hydrogens is 198 g/mol. The van der Waals surface area contributed by atoms with Crippen molar-refractivity contribution >= 4 is 12.1 Å². The van der Waals surface area contributed by atoms with E-state index in [-0.39, 0.29) is 6.61 Å². The van der Waals surface area contributed by atoms with Gasteiger partial charge in [-0.1, -0.05) is 33.4 Å². The number of carboxylic acid groups (broad SMARTS) is 1. The monoisotopic (exact) mass is 215 g/mol. The van der Waals surface area contributed by atoms with Crippen molar-refractivity contribution in [2.45, 2.75) is 26.8 Å². The fraction of sp³-hybridized carbons (Fsp3) is 0.600. The van der Waals surface area contributed by atoms with E-state index in [0.717, 1.165) is 0 Å². The first-order valence-corrected chi connectivity index (χ1v) is 4.56. The van der Waals surface area contributed by atoms with Gasteiger partial charge in [0.15, 0.2) is 0 Å². The van der Waals surface area contributed by atoms with E-state index in [1.165, 1.54) is 6.08 Å². The average Bonchev–Trinajstić information content (AvgIpc) is 2.08. The van der Waals surface area contributed by atoms with Crippen molar-refractivity contribution in [1.29, 1.82) is 0 Å². The number of ether oxygens (including phenoxy) is 1. The van der Waals surface area contributed by atoms with Crippen LogP contribution in [-0.2, 0) is 9.53 Å². The van der Waals surface area contributed by atoms with E-state index in [1.807, 2.05) is 0 Å². The van der Waals surface area contributed by atoms with Gasteiger partial charge >= 0.3 is 12.1 Å². The molecule has 1 amide bonds. The Labute approximate surface area is 89.1 Å². The zero-order valence-electron chi connectivity index (χ0n) is 9.24. The van der Waals surface area contributed by atoms with E-state index < -0.39 is 23.5 Å². The van der Waals surface area contributed by atoms with Crippen LogP contribution in [0.5, 0.6) is 0 Å². The summed E-state index contributed by atoms with van der Waals surface area (Å²) in [5.74, 6) is -1.09. The minimum absolute atomic E-state index is 0.0579. The minimum Gasteiger partial charge on any atom is -0.480 e. The van der Waals surface area contributed by atoms with Crippen LogP contribution >= 0.6 is 0 Å². The molecule has 0 aliphatic heterocycles. The van der Waals surface area contributed by atoms with Gasteiger partial charge in [-0.3, -0.25) is 0 Å². The second-order valence-corrected chi connectivity index (χ2v) is 4.17. The van der Waals surface area contributed by atoms with Crippen LogP contribution in [0, 0.1) is 5.41 Å². The Morgan fingerprint density at radius 1 is 1.53 bits per heavy atom. The smallest absolute Gasteiger partial charge is 0.408 e. The molecule has 0 saturated carbocycles. The first kappa shape index (κ1) is 13.5. The summed E-state index contributed by atoms with van der Waals surface area (Å²) in [4.78, 5) is 22.0. The third-order valence-corrected chi connectivity index (χ3v) is 1.71. The Bertz CT molecular complexity index is 255. The number of alkyl carbamates (subject to hydrolysis) is 1. The number of carboxylic acids is 1. The molecule has 1 atom stereocenters. The van der Waals surface area contributed by atoms with Gasteiger partial charge < -0.3 is 15.2 Å². The maximum absolute atomic E-state index is 11.1. The van der Waals surface area contributed by atoms with Crippen molar-refractivity contribution in [2.75, 3.05) is 6.61 Å². The SMILES string of the molecule is C=CCOC(=O)N[C@H](C(=O)O)C(C)(C)C. The van der Waals surface area contributed by atoms with Gasteiger partial charge in [-0.2, -0.15) is 0 Å². The van der Waals surface area contributed by atoms with Gasteiger partial charge in [-0.25, -0.2) is 9.59 Å². The molecule has 0 aliphatic rings. The molecule has 0 bridgehead atoms. The summed E-state index contributed by atoms with van der Waals surface area (Å²) in [6.45, 7) is 8.60. The quantitative estimate of drug-likeness (QED) is 0.695. The lowest BCUT2D eigenvalue weighted by molar-refractivity contribution is -0.142. The van der Waals surface area contributed by atoms with E-state index >= 15 is 0 Å². The fourth-order valence-corrected chi connectivity index (χ4v) is 0.943. The predicted molar refractivity (Wildman–Crippen MR) is 55.6 cm³/mol. The molecule has 0 aromatic heterocycles. The zero-order valence-corrected chi connectivity index (χ0v) is 9.24. The molecule has 86 valence electrons. The van der Waals surface area contributed by atoms with Crippen LogP contribution in [0.1, 0.15) is 20.8 Å². The van der Waals surface area contributed by atoms with Gasteiger partial charge in [0.2, 0.25) is 0 Å².